The Hall–Kier alpha value is -3.36. The molecule has 29 heavy (non-hydrogen) atoms. The topological polar surface area (TPSA) is 127 Å². The predicted molar refractivity (Wildman–Crippen MR) is 109 cm³/mol. The molecule has 9 heteroatoms. The molecule has 7 nitrogen and oxygen atoms in total. The van der Waals surface area contributed by atoms with Gasteiger partial charge in [0.1, 0.15) is 0 Å². The highest BCUT2D eigenvalue weighted by Crippen LogP contribution is 2.24. The fourth-order valence-corrected chi connectivity index (χ4v) is 4.02. The quantitative estimate of drug-likeness (QED) is 0.529. The largest absolute Gasteiger partial charge is 0.478 e. The van der Waals surface area contributed by atoms with Gasteiger partial charge in [-0.05, 0) is 66.7 Å². The Bertz CT molecular complexity index is 1190. The third-order valence-electron chi connectivity index (χ3n) is 4.07. The number of nitrogens with one attached hydrogen (secondary N) is 1. The number of anilines is 2. The van der Waals surface area contributed by atoms with E-state index in [1.807, 2.05) is 0 Å². The van der Waals surface area contributed by atoms with E-state index in [9.17, 15) is 23.1 Å². The maximum atomic E-state index is 12.6. The predicted octanol–water partition coefficient (Wildman–Crippen LogP) is 3.71. The molecule has 0 heterocycles. The molecule has 1 amide bonds. The molecule has 0 aliphatic heterocycles. The molecule has 3 rings (SSSR count). The molecular weight excluding hydrogens is 416 g/mol. The Kier molecular flexibility index (Phi) is 5.58. The number of carboxylic acid groups (broad SMARTS) is 1. The van der Waals surface area contributed by atoms with Gasteiger partial charge in [0, 0.05) is 16.4 Å². The van der Waals surface area contributed by atoms with E-state index in [2.05, 4.69) is 5.32 Å². The van der Waals surface area contributed by atoms with Crippen LogP contribution in [0.25, 0.3) is 0 Å². The van der Waals surface area contributed by atoms with Crippen molar-refractivity contribution >= 4 is 44.7 Å². The van der Waals surface area contributed by atoms with Crippen molar-refractivity contribution in [1.29, 1.82) is 0 Å². The third kappa shape index (κ3) is 4.39. The summed E-state index contributed by atoms with van der Waals surface area (Å²) in [6.45, 7) is 0. The molecule has 3 aromatic rings. The number of nitrogens with two attached hydrogens (primary N) is 1. The average molecular weight is 431 g/mol. The minimum absolute atomic E-state index is 0.0363. The van der Waals surface area contributed by atoms with Crippen LogP contribution in [0.4, 0.5) is 11.4 Å². The summed E-state index contributed by atoms with van der Waals surface area (Å²) in [7, 11) is -3.74. The van der Waals surface area contributed by atoms with Crippen LogP contribution in [0.15, 0.2) is 76.5 Å². The molecule has 148 valence electrons. The minimum atomic E-state index is -3.74. The van der Waals surface area contributed by atoms with Gasteiger partial charge in [0.25, 0.3) is 5.91 Å². The number of nitrogen functional groups attached to an aromatic ring is 1. The lowest BCUT2D eigenvalue weighted by atomic mass is 10.1. The van der Waals surface area contributed by atoms with E-state index in [-0.39, 0.29) is 25.9 Å². The lowest BCUT2D eigenvalue weighted by Crippen LogP contribution is -2.16. The van der Waals surface area contributed by atoms with Crippen LogP contribution in [0.3, 0.4) is 0 Å². The smallest absolute Gasteiger partial charge is 0.336 e. The molecule has 0 unspecified atom stereocenters. The first-order valence-electron chi connectivity index (χ1n) is 8.23. The highest BCUT2D eigenvalue weighted by molar-refractivity contribution is 7.91. The maximum absolute atomic E-state index is 12.6. The van der Waals surface area contributed by atoms with E-state index in [1.54, 1.807) is 0 Å². The summed E-state index contributed by atoms with van der Waals surface area (Å²) in [6, 6.07) is 15.2. The van der Waals surface area contributed by atoms with E-state index in [4.69, 9.17) is 17.3 Å². The molecule has 0 fully saturated rings. The van der Waals surface area contributed by atoms with Crippen LogP contribution < -0.4 is 11.1 Å². The summed E-state index contributed by atoms with van der Waals surface area (Å²) in [4.78, 5) is 23.9. The number of carbonyl (C=O) groups is 2. The monoisotopic (exact) mass is 430 g/mol. The number of benzene rings is 3. The van der Waals surface area contributed by atoms with Crippen molar-refractivity contribution in [2.45, 2.75) is 9.79 Å². The van der Waals surface area contributed by atoms with E-state index in [1.165, 1.54) is 66.7 Å². The van der Waals surface area contributed by atoms with Crippen LogP contribution in [0.2, 0.25) is 5.02 Å². The number of hydrogen-bond acceptors (Lipinski definition) is 5. The molecule has 0 radical (unpaired) electrons. The number of rotatable bonds is 5. The molecule has 0 aliphatic carbocycles. The van der Waals surface area contributed by atoms with Crippen molar-refractivity contribution in [2.24, 2.45) is 0 Å². The Morgan fingerprint density at radius 2 is 1.41 bits per heavy atom. The summed E-state index contributed by atoms with van der Waals surface area (Å²) >= 11 is 5.86. The summed E-state index contributed by atoms with van der Waals surface area (Å²) in [6.07, 6.45) is 0. The molecule has 0 saturated heterocycles. The first-order chi connectivity index (χ1) is 13.7. The normalized spacial score (nSPS) is 11.1. The zero-order chi connectivity index (χ0) is 21.2. The van der Waals surface area contributed by atoms with E-state index >= 15 is 0 Å². The highest BCUT2D eigenvalue weighted by Gasteiger charge is 2.19. The van der Waals surface area contributed by atoms with Crippen LogP contribution in [-0.4, -0.2) is 25.4 Å². The lowest BCUT2D eigenvalue weighted by molar-refractivity contribution is 0.0692. The fourth-order valence-electron chi connectivity index (χ4n) is 2.59. The SMILES string of the molecule is Nc1ccc(S(=O)(=O)c2ccc(NC(=O)c3cc(Cl)ccc3C(=O)O)cc2)cc1. The van der Waals surface area contributed by atoms with Gasteiger partial charge in [0.2, 0.25) is 9.84 Å². The highest BCUT2D eigenvalue weighted by atomic mass is 35.5. The van der Waals surface area contributed by atoms with E-state index in [0.717, 1.165) is 0 Å². The van der Waals surface area contributed by atoms with Gasteiger partial charge in [-0.1, -0.05) is 11.6 Å². The Morgan fingerprint density at radius 1 is 0.862 bits per heavy atom. The van der Waals surface area contributed by atoms with Crippen molar-refractivity contribution in [3.8, 4) is 0 Å². The first-order valence-corrected chi connectivity index (χ1v) is 10.1. The van der Waals surface area contributed by atoms with Gasteiger partial charge in [0.05, 0.1) is 20.9 Å². The zero-order valence-electron chi connectivity index (χ0n) is 14.8. The Labute approximate surface area is 171 Å². The lowest BCUT2D eigenvalue weighted by Gasteiger charge is -2.10. The molecule has 0 bridgehead atoms. The molecule has 0 aromatic heterocycles. The van der Waals surface area contributed by atoms with Crippen molar-refractivity contribution < 1.29 is 23.1 Å². The number of hydrogen-bond donors (Lipinski definition) is 3. The average Bonchev–Trinajstić information content (AvgIpc) is 2.68. The number of carbonyl (C=O) groups excluding carboxylic acids is 1. The second-order valence-electron chi connectivity index (χ2n) is 6.05. The third-order valence-corrected chi connectivity index (χ3v) is 6.09. The maximum Gasteiger partial charge on any atom is 0.336 e. The summed E-state index contributed by atoms with van der Waals surface area (Å²) in [5, 5.41) is 12.0. The van der Waals surface area contributed by atoms with Gasteiger partial charge in [-0.15, -0.1) is 0 Å². The van der Waals surface area contributed by atoms with Crippen LogP contribution in [0, 0.1) is 0 Å². The minimum Gasteiger partial charge on any atom is -0.478 e. The number of halogens is 1. The second kappa shape index (κ2) is 7.94. The van der Waals surface area contributed by atoms with Crippen molar-refractivity contribution in [3.05, 3.63) is 82.9 Å². The second-order valence-corrected chi connectivity index (χ2v) is 8.43. The molecule has 0 aliphatic rings. The molecule has 0 saturated carbocycles. The standard InChI is InChI=1S/C20H15ClN2O5S/c21-12-1-10-17(20(25)26)18(11-12)19(24)23-14-4-8-16(9-5-14)29(27,28)15-6-2-13(22)3-7-15/h1-11H,22H2,(H,23,24)(H,25,26). The number of carboxylic acids is 1. The van der Waals surface area contributed by atoms with Gasteiger partial charge in [-0.2, -0.15) is 0 Å². The van der Waals surface area contributed by atoms with Crippen LogP contribution >= 0.6 is 11.6 Å². The van der Waals surface area contributed by atoms with E-state index in [0.29, 0.717) is 11.4 Å². The van der Waals surface area contributed by atoms with Crippen LogP contribution in [-0.2, 0) is 9.84 Å². The molecule has 0 atom stereocenters. The van der Waals surface area contributed by atoms with Gasteiger partial charge in [-0.25, -0.2) is 13.2 Å². The van der Waals surface area contributed by atoms with E-state index < -0.39 is 21.7 Å². The van der Waals surface area contributed by atoms with Gasteiger partial charge >= 0.3 is 5.97 Å². The summed E-state index contributed by atoms with van der Waals surface area (Å²) in [5.74, 6) is -1.95. The van der Waals surface area contributed by atoms with Crippen molar-refractivity contribution in [2.75, 3.05) is 11.1 Å². The molecular formula is C20H15ClN2O5S. The number of sulfone groups is 1. The van der Waals surface area contributed by atoms with Gasteiger partial charge < -0.3 is 16.2 Å². The Morgan fingerprint density at radius 3 is 1.97 bits per heavy atom. The Balaban J connectivity index is 1.84. The summed E-state index contributed by atoms with van der Waals surface area (Å²) < 4.78 is 25.3. The van der Waals surface area contributed by atoms with Crippen LogP contribution in [0.1, 0.15) is 20.7 Å². The van der Waals surface area contributed by atoms with Crippen molar-refractivity contribution in [1.82, 2.24) is 0 Å². The van der Waals surface area contributed by atoms with Gasteiger partial charge in [0.15, 0.2) is 0 Å². The molecule has 4 N–H and O–H groups in total. The number of aromatic carboxylic acids is 1. The fraction of sp³-hybridized carbons (Fsp3) is 0. The zero-order valence-corrected chi connectivity index (χ0v) is 16.4. The molecule has 0 spiro atoms. The van der Waals surface area contributed by atoms with Crippen molar-refractivity contribution in [3.63, 3.8) is 0 Å². The molecule has 3 aromatic carbocycles. The number of amides is 1. The first kappa shape index (κ1) is 20.4. The van der Waals surface area contributed by atoms with Crippen LogP contribution in [0.5, 0.6) is 0 Å². The van der Waals surface area contributed by atoms with Gasteiger partial charge in [-0.3, -0.25) is 4.79 Å². The summed E-state index contributed by atoms with van der Waals surface area (Å²) in [5.41, 5.74) is 6.02.